The third-order valence-electron chi connectivity index (χ3n) is 7.49. The monoisotopic (exact) mass is 631 g/mol. The number of tetrazole rings is 1. The van der Waals surface area contributed by atoms with E-state index in [9.17, 15) is 4.79 Å². The summed E-state index contributed by atoms with van der Waals surface area (Å²) in [6, 6.07) is 13.4. The number of carbonyl (C=O) groups excluding carboxylic acids is 1. The molecule has 2 aromatic heterocycles. The Morgan fingerprint density at radius 1 is 1.09 bits per heavy atom. The molecular weight excluding hydrogens is 599 g/mol. The fraction of sp³-hybridized carbons (Fsp3) is 0.367. The fourth-order valence-corrected chi connectivity index (χ4v) is 6.44. The van der Waals surface area contributed by atoms with E-state index < -0.39 is 0 Å². The second kappa shape index (κ2) is 14.2. The molecule has 12 nitrogen and oxygen atoms in total. The number of thiocarbonyl (C=S) groups is 1. The Kier molecular flexibility index (Phi) is 9.70. The fourth-order valence-electron chi connectivity index (χ4n) is 5.13. The topological polar surface area (TPSA) is 148 Å². The summed E-state index contributed by atoms with van der Waals surface area (Å²) in [7, 11) is 0. The molecule has 44 heavy (non-hydrogen) atoms. The average Bonchev–Trinajstić information content (AvgIpc) is 3.65. The highest BCUT2D eigenvalue weighted by Crippen LogP contribution is 2.36. The van der Waals surface area contributed by atoms with Gasteiger partial charge in [0.15, 0.2) is 11.6 Å². The van der Waals surface area contributed by atoms with Gasteiger partial charge in [-0.3, -0.25) is 14.6 Å². The van der Waals surface area contributed by atoms with Gasteiger partial charge in [-0.2, -0.15) is 5.21 Å². The Labute approximate surface area is 264 Å². The first kappa shape index (κ1) is 30.1. The molecule has 6 rings (SSSR count). The van der Waals surface area contributed by atoms with E-state index in [0.717, 1.165) is 75.0 Å². The molecule has 228 valence electrons. The summed E-state index contributed by atoms with van der Waals surface area (Å²) in [5.41, 5.74) is 8.61. The molecule has 14 heteroatoms. The number of rotatable bonds is 12. The van der Waals surface area contributed by atoms with Gasteiger partial charge in [0.2, 0.25) is 0 Å². The number of nitrogen functional groups attached to an aromatic ring is 1. The number of aryl methyl sites for hydroxylation is 1. The number of hydrogen-bond acceptors (Lipinski definition) is 12. The summed E-state index contributed by atoms with van der Waals surface area (Å²) >= 11 is 6.88. The van der Waals surface area contributed by atoms with Crippen LogP contribution in [-0.4, -0.2) is 96.6 Å². The molecule has 0 saturated carbocycles. The minimum atomic E-state index is -0.0863. The Bertz CT molecular complexity index is 1660. The number of thioether (sulfide) groups is 1. The lowest BCUT2D eigenvalue weighted by Crippen LogP contribution is -2.38. The molecule has 2 aliphatic rings. The highest BCUT2D eigenvalue weighted by Gasteiger charge is 2.31. The van der Waals surface area contributed by atoms with Crippen molar-refractivity contribution in [2.75, 3.05) is 51.7 Å². The second-order valence-electron chi connectivity index (χ2n) is 10.5. The number of aromatic nitrogens is 6. The minimum absolute atomic E-state index is 0.0863. The van der Waals surface area contributed by atoms with Crippen molar-refractivity contribution in [2.24, 2.45) is 0 Å². The van der Waals surface area contributed by atoms with Crippen LogP contribution in [-0.2, 0) is 16.0 Å². The van der Waals surface area contributed by atoms with Crippen LogP contribution >= 0.6 is 24.0 Å². The van der Waals surface area contributed by atoms with E-state index in [1.54, 1.807) is 4.90 Å². The number of H-pyrrole nitrogens is 1. The lowest BCUT2D eigenvalue weighted by molar-refractivity contribution is -0.122. The number of fused-ring (bicyclic) bond motifs is 1. The highest BCUT2D eigenvalue weighted by molar-refractivity contribution is 8.26. The lowest BCUT2D eigenvalue weighted by atomic mass is 10.1. The van der Waals surface area contributed by atoms with Crippen molar-refractivity contribution in [3.05, 3.63) is 58.8 Å². The van der Waals surface area contributed by atoms with Gasteiger partial charge in [-0.25, -0.2) is 9.97 Å². The molecule has 3 N–H and O–H groups in total. The lowest BCUT2D eigenvalue weighted by Gasteiger charge is -2.26. The van der Waals surface area contributed by atoms with Gasteiger partial charge in [-0.15, -0.1) is 10.2 Å². The van der Waals surface area contributed by atoms with Crippen molar-refractivity contribution >= 4 is 57.0 Å². The summed E-state index contributed by atoms with van der Waals surface area (Å²) in [4.78, 5) is 27.3. The number of nitrogens with two attached hydrogens (primary N) is 1. The number of nitrogens with zero attached hydrogens (tertiary/aromatic N) is 7. The molecule has 2 saturated heterocycles. The van der Waals surface area contributed by atoms with Crippen LogP contribution in [0.4, 0.5) is 5.82 Å². The van der Waals surface area contributed by atoms with Crippen LogP contribution in [0.15, 0.2) is 47.4 Å². The molecule has 0 unspecified atom stereocenters. The minimum Gasteiger partial charge on any atom is -0.491 e. The van der Waals surface area contributed by atoms with Gasteiger partial charge in [0.25, 0.3) is 5.91 Å². The quantitative estimate of drug-likeness (QED) is 0.133. The number of hydrogen-bond donors (Lipinski definition) is 2. The number of anilines is 1. The maximum absolute atomic E-state index is 13.3. The first-order valence-corrected chi connectivity index (χ1v) is 15.8. The van der Waals surface area contributed by atoms with Gasteiger partial charge in [-0.1, -0.05) is 53.8 Å². The second-order valence-corrected chi connectivity index (χ2v) is 12.2. The molecule has 4 heterocycles. The summed E-state index contributed by atoms with van der Waals surface area (Å²) in [6.45, 7) is 5.10. The van der Waals surface area contributed by atoms with E-state index in [1.807, 2.05) is 48.5 Å². The van der Waals surface area contributed by atoms with Gasteiger partial charge in [-0.05, 0) is 48.7 Å². The average molecular weight is 632 g/mol. The van der Waals surface area contributed by atoms with Crippen LogP contribution in [0.3, 0.4) is 0 Å². The van der Waals surface area contributed by atoms with Crippen molar-refractivity contribution in [2.45, 2.75) is 25.7 Å². The maximum atomic E-state index is 13.3. The van der Waals surface area contributed by atoms with Crippen molar-refractivity contribution in [1.82, 2.24) is 40.4 Å². The number of para-hydroxylation sites is 1. The van der Waals surface area contributed by atoms with Crippen LogP contribution in [0.5, 0.6) is 5.75 Å². The number of nitrogens with one attached hydrogen (secondary N) is 1. The van der Waals surface area contributed by atoms with E-state index >= 15 is 0 Å². The van der Waals surface area contributed by atoms with Gasteiger partial charge in [0, 0.05) is 38.0 Å². The molecule has 2 fully saturated rings. The molecule has 2 aromatic carbocycles. The molecule has 0 atom stereocenters. The van der Waals surface area contributed by atoms with Crippen LogP contribution in [0.1, 0.15) is 30.7 Å². The molecule has 0 aliphatic carbocycles. The molecular formula is C30H33N9O3S2. The van der Waals surface area contributed by atoms with Crippen LogP contribution in [0.2, 0.25) is 0 Å². The smallest absolute Gasteiger partial charge is 0.266 e. The number of benzene rings is 2. The van der Waals surface area contributed by atoms with E-state index in [4.69, 9.17) is 32.4 Å². The first-order chi connectivity index (χ1) is 21.5. The summed E-state index contributed by atoms with van der Waals surface area (Å²) in [6.07, 6.45) is 5.28. The Morgan fingerprint density at radius 2 is 1.95 bits per heavy atom. The third-order valence-corrected chi connectivity index (χ3v) is 8.87. The predicted octanol–water partition coefficient (Wildman–Crippen LogP) is 3.72. The van der Waals surface area contributed by atoms with Gasteiger partial charge >= 0.3 is 0 Å². The van der Waals surface area contributed by atoms with Crippen molar-refractivity contribution in [3.63, 3.8) is 0 Å². The molecule has 2 aliphatic heterocycles. The van der Waals surface area contributed by atoms with Crippen LogP contribution in [0.25, 0.3) is 28.4 Å². The Balaban J connectivity index is 1.19. The van der Waals surface area contributed by atoms with Crippen LogP contribution < -0.4 is 10.5 Å². The van der Waals surface area contributed by atoms with Gasteiger partial charge in [0.05, 0.1) is 29.2 Å². The number of ether oxygens (including phenoxy) is 2. The van der Waals surface area contributed by atoms with Gasteiger partial charge in [0.1, 0.15) is 22.5 Å². The number of carbonyl (C=O) groups is 1. The SMILES string of the molecule is Nc1nc(-c2cc(/C=C3\SC(=S)N(CCCCCc4nn[nH]n4)C3=O)ccc2OCCN2CCOCC2)nc2ccccc12. The number of morpholine rings is 1. The van der Waals surface area contributed by atoms with Crippen LogP contribution in [0, 0.1) is 0 Å². The van der Waals surface area contributed by atoms with Crippen molar-refractivity contribution < 1.29 is 14.3 Å². The zero-order chi connectivity index (χ0) is 30.3. The normalized spacial score (nSPS) is 16.8. The summed E-state index contributed by atoms with van der Waals surface area (Å²) < 4.78 is 12.3. The third kappa shape index (κ3) is 7.21. The van der Waals surface area contributed by atoms with E-state index in [2.05, 4.69) is 30.5 Å². The van der Waals surface area contributed by atoms with Crippen molar-refractivity contribution in [1.29, 1.82) is 0 Å². The zero-order valence-electron chi connectivity index (χ0n) is 24.1. The molecule has 0 radical (unpaired) electrons. The number of amides is 1. The Hall–Kier alpha value is -3.98. The molecule has 0 spiro atoms. The molecule has 0 bridgehead atoms. The van der Waals surface area contributed by atoms with E-state index in [0.29, 0.717) is 51.2 Å². The Morgan fingerprint density at radius 3 is 2.80 bits per heavy atom. The van der Waals surface area contributed by atoms with Gasteiger partial charge < -0.3 is 15.2 Å². The number of aromatic amines is 1. The largest absolute Gasteiger partial charge is 0.491 e. The highest BCUT2D eigenvalue weighted by atomic mass is 32.2. The number of unbranched alkanes of at least 4 members (excludes halogenated alkanes) is 2. The predicted molar refractivity (Wildman–Crippen MR) is 174 cm³/mol. The zero-order valence-corrected chi connectivity index (χ0v) is 25.8. The molecule has 1 amide bonds. The standard InChI is InChI=1S/C30H33N9O3S2/c31-27-21-6-3-4-7-23(21)32-28(33-27)22-18-20(9-10-24(22)42-17-14-38-12-15-41-16-13-38)19-25-29(40)39(30(43)44-25)11-5-1-2-8-26-34-36-37-35-26/h3-4,6-7,9-10,18-19H,1-2,5,8,11-17H2,(H2,31,32,33)(H,34,35,36,37)/b25-19-. The van der Waals surface area contributed by atoms with E-state index in [1.165, 1.54) is 11.8 Å². The summed E-state index contributed by atoms with van der Waals surface area (Å²) in [5, 5.41) is 14.8. The maximum Gasteiger partial charge on any atom is 0.266 e. The first-order valence-electron chi connectivity index (χ1n) is 14.6. The molecule has 4 aromatic rings. The van der Waals surface area contributed by atoms with Crippen molar-refractivity contribution in [3.8, 4) is 17.1 Å². The van der Waals surface area contributed by atoms with E-state index in [-0.39, 0.29) is 5.91 Å². The summed E-state index contributed by atoms with van der Waals surface area (Å²) in [5.74, 6) is 2.12.